The lowest BCUT2D eigenvalue weighted by molar-refractivity contribution is 0.102. The average molecular weight is 456 g/mol. The number of carbonyl (C=O) groups is 1. The predicted molar refractivity (Wildman–Crippen MR) is 124 cm³/mol. The van der Waals surface area contributed by atoms with Crippen molar-refractivity contribution in [2.45, 2.75) is 20.7 Å². The van der Waals surface area contributed by atoms with Gasteiger partial charge in [0.2, 0.25) is 5.13 Å². The second kappa shape index (κ2) is 10.1. The molecule has 1 N–H and O–H groups in total. The van der Waals surface area contributed by atoms with Crippen molar-refractivity contribution in [2.75, 3.05) is 5.32 Å². The third kappa shape index (κ3) is 5.70. The first-order chi connectivity index (χ1) is 14.3. The first-order valence-corrected chi connectivity index (χ1v) is 12.5. The SMILES string of the molecule is O=C(Nc1nnc(SCc2ccccc2)s1)c1ccccc1SCc1cccs1. The van der Waals surface area contributed by atoms with Crippen molar-refractivity contribution in [2.24, 2.45) is 0 Å². The van der Waals surface area contributed by atoms with Crippen LogP contribution in [0.3, 0.4) is 0 Å². The molecule has 0 saturated heterocycles. The number of hydrogen-bond donors (Lipinski definition) is 1. The quantitative estimate of drug-likeness (QED) is 0.245. The Labute approximate surface area is 185 Å². The summed E-state index contributed by atoms with van der Waals surface area (Å²) in [5.41, 5.74) is 1.89. The van der Waals surface area contributed by atoms with Gasteiger partial charge >= 0.3 is 0 Å². The molecule has 0 atom stereocenters. The molecule has 0 bridgehead atoms. The number of hydrogen-bond acceptors (Lipinski definition) is 7. The van der Waals surface area contributed by atoms with Gasteiger partial charge in [-0.1, -0.05) is 71.6 Å². The van der Waals surface area contributed by atoms with Crippen LogP contribution in [0, 0.1) is 0 Å². The first-order valence-electron chi connectivity index (χ1n) is 8.84. The van der Waals surface area contributed by atoms with E-state index in [-0.39, 0.29) is 5.91 Å². The van der Waals surface area contributed by atoms with Crippen LogP contribution in [-0.4, -0.2) is 16.1 Å². The van der Waals surface area contributed by atoms with Crippen LogP contribution in [0.2, 0.25) is 0 Å². The number of thioether (sulfide) groups is 2. The molecule has 0 unspecified atom stereocenters. The maximum Gasteiger partial charge on any atom is 0.258 e. The van der Waals surface area contributed by atoms with Crippen molar-refractivity contribution >= 4 is 57.2 Å². The van der Waals surface area contributed by atoms with Gasteiger partial charge in [0.05, 0.1) is 5.56 Å². The molecule has 2 aromatic heterocycles. The summed E-state index contributed by atoms with van der Waals surface area (Å²) in [4.78, 5) is 15.0. The largest absolute Gasteiger partial charge is 0.296 e. The van der Waals surface area contributed by atoms with Crippen LogP contribution >= 0.6 is 46.2 Å². The number of anilines is 1. The third-order valence-electron chi connectivity index (χ3n) is 3.91. The zero-order chi connectivity index (χ0) is 19.9. The van der Waals surface area contributed by atoms with Gasteiger partial charge in [0.25, 0.3) is 5.91 Å². The zero-order valence-corrected chi connectivity index (χ0v) is 18.5. The molecule has 0 aliphatic heterocycles. The minimum Gasteiger partial charge on any atom is -0.296 e. The Bertz CT molecular complexity index is 1060. The van der Waals surface area contributed by atoms with Crippen LogP contribution < -0.4 is 5.32 Å². The molecule has 0 saturated carbocycles. The van der Waals surface area contributed by atoms with Crippen molar-refractivity contribution < 1.29 is 4.79 Å². The zero-order valence-electron chi connectivity index (χ0n) is 15.3. The molecule has 2 aromatic carbocycles. The Morgan fingerprint density at radius 2 is 1.72 bits per heavy atom. The van der Waals surface area contributed by atoms with E-state index in [1.54, 1.807) is 34.9 Å². The first kappa shape index (κ1) is 20.2. The molecule has 2 heterocycles. The normalized spacial score (nSPS) is 10.8. The summed E-state index contributed by atoms with van der Waals surface area (Å²) < 4.78 is 0.838. The molecule has 0 radical (unpaired) electrons. The van der Waals surface area contributed by atoms with E-state index in [1.165, 1.54) is 21.8 Å². The van der Waals surface area contributed by atoms with Gasteiger partial charge in [0.15, 0.2) is 4.34 Å². The highest BCUT2D eigenvalue weighted by atomic mass is 32.2. The summed E-state index contributed by atoms with van der Waals surface area (Å²) >= 11 is 6.41. The van der Waals surface area contributed by atoms with Gasteiger partial charge in [-0.25, -0.2) is 0 Å². The van der Waals surface area contributed by atoms with Gasteiger partial charge in [0, 0.05) is 21.3 Å². The molecule has 8 heteroatoms. The monoisotopic (exact) mass is 455 g/mol. The fourth-order valence-corrected chi connectivity index (χ4v) is 6.05. The predicted octanol–water partition coefficient (Wildman–Crippen LogP) is 6.44. The Morgan fingerprint density at radius 1 is 0.897 bits per heavy atom. The van der Waals surface area contributed by atoms with Crippen molar-refractivity contribution in [3.8, 4) is 0 Å². The van der Waals surface area contributed by atoms with E-state index in [1.807, 2.05) is 48.5 Å². The molecular formula is C21H17N3OS4. The van der Waals surface area contributed by atoms with E-state index in [4.69, 9.17) is 0 Å². The molecule has 0 fully saturated rings. The van der Waals surface area contributed by atoms with Crippen LogP contribution in [0.4, 0.5) is 5.13 Å². The standard InChI is InChI=1S/C21H17N3OS4/c25-19(17-10-4-5-11-18(17)27-14-16-9-6-12-26-16)22-20-23-24-21(29-20)28-13-15-7-2-1-3-8-15/h1-12H,13-14H2,(H,22,23,25). The van der Waals surface area contributed by atoms with Crippen LogP contribution in [-0.2, 0) is 11.5 Å². The van der Waals surface area contributed by atoms with Gasteiger partial charge in [-0.05, 0) is 29.1 Å². The van der Waals surface area contributed by atoms with Crippen LogP contribution in [0.15, 0.2) is 81.3 Å². The number of carbonyl (C=O) groups excluding carboxylic acids is 1. The number of rotatable bonds is 8. The van der Waals surface area contributed by atoms with E-state index in [0.29, 0.717) is 10.7 Å². The third-order valence-corrected chi connectivity index (χ3v) is 8.14. The highest BCUT2D eigenvalue weighted by molar-refractivity contribution is 8.00. The Hall–Kier alpha value is -2.13. The van der Waals surface area contributed by atoms with E-state index >= 15 is 0 Å². The molecule has 0 aliphatic carbocycles. The average Bonchev–Trinajstić information content (AvgIpc) is 3.44. The van der Waals surface area contributed by atoms with Gasteiger partial charge < -0.3 is 0 Å². The smallest absolute Gasteiger partial charge is 0.258 e. The maximum absolute atomic E-state index is 12.8. The van der Waals surface area contributed by atoms with E-state index in [2.05, 4.69) is 39.1 Å². The second-order valence-corrected chi connectivity index (χ2v) is 10.2. The minimum absolute atomic E-state index is 0.157. The molecule has 146 valence electrons. The highest BCUT2D eigenvalue weighted by Crippen LogP contribution is 2.30. The van der Waals surface area contributed by atoms with Crippen molar-refractivity contribution in [1.29, 1.82) is 0 Å². The number of nitrogens with one attached hydrogen (secondary N) is 1. The molecule has 0 aliphatic rings. The number of aromatic nitrogens is 2. The Morgan fingerprint density at radius 3 is 2.55 bits per heavy atom. The second-order valence-electron chi connectivity index (χ2n) is 5.97. The number of thiophene rings is 1. The van der Waals surface area contributed by atoms with E-state index in [0.717, 1.165) is 20.7 Å². The van der Waals surface area contributed by atoms with Crippen molar-refractivity contribution in [1.82, 2.24) is 10.2 Å². The topological polar surface area (TPSA) is 54.9 Å². The fourth-order valence-electron chi connectivity index (χ4n) is 2.53. The Kier molecular flexibility index (Phi) is 7.00. The number of benzene rings is 2. The number of amides is 1. The minimum atomic E-state index is -0.157. The maximum atomic E-state index is 12.8. The molecule has 4 nitrogen and oxygen atoms in total. The lowest BCUT2D eigenvalue weighted by atomic mass is 10.2. The summed E-state index contributed by atoms with van der Waals surface area (Å²) in [6.45, 7) is 0. The van der Waals surface area contributed by atoms with E-state index < -0.39 is 0 Å². The molecule has 0 spiro atoms. The van der Waals surface area contributed by atoms with Gasteiger partial charge in [-0.15, -0.1) is 33.3 Å². The van der Waals surface area contributed by atoms with Crippen LogP contribution in [0.25, 0.3) is 0 Å². The summed E-state index contributed by atoms with van der Waals surface area (Å²) in [6.07, 6.45) is 0. The van der Waals surface area contributed by atoms with E-state index in [9.17, 15) is 4.79 Å². The molecule has 29 heavy (non-hydrogen) atoms. The number of nitrogens with zero attached hydrogens (tertiary/aromatic N) is 2. The summed E-state index contributed by atoms with van der Waals surface area (Å²) in [7, 11) is 0. The molecule has 1 amide bonds. The van der Waals surface area contributed by atoms with Crippen LogP contribution in [0.5, 0.6) is 0 Å². The lowest BCUT2D eigenvalue weighted by Gasteiger charge is -2.07. The van der Waals surface area contributed by atoms with Crippen molar-refractivity contribution in [3.63, 3.8) is 0 Å². The summed E-state index contributed by atoms with van der Waals surface area (Å²) in [5.74, 6) is 1.52. The highest BCUT2D eigenvalue weighted by Gasteiger charge is 2.14. The molecular weight excluding hydrogens is 439 g/mol. The Balaban J connectivity index is 1.37. The lowest BCUT2D eigenvalue weighted by Crippen LogP contribution is -2.12. The van der Waals surface area contributed by atoms with Gasteiger partial charge in [-0.3, -0.25) is 10.1 Å². The van der Waals surface area contributed by atoms with Gasteiger partial charge in [-0.2, -0.15) is 0 Å². The van der Waals surface area contributed by atoms with Crippen molar-refractivity contribution in [3.05, 3.63) is 88.1 Å². The molecule has 4 rings (SSSR count). The summed E-state index contributed by atoms with van der Waals surface area (Å²) in [6, 6.07) is 22.0. The molecule has 4 aromatic rings. The summed E-state index contributed by atoms with van der Waals surface area (Å²) in [5, 5.41) is 13.8. The fraction of sp³-hybridized carbons (Fsp3) is 0.0952. The van der Waals surface area contributed by atoms with Crippen LogP contribution in [0.1, 0.15) is 20.8 Å². The van der Waals surface area contributed by atoms with Gasteiger partial charge in [0.1, 0.15) is 0 Å².